The lowest BCUT2D eigenvalue weighted by atomic mass is 9.99. The van der Waals surface area contributed by atoms with Crippen LogP contribution in [-0.2, 0) is 30.5 Å². The van der Waals surface area contributed by atoms with Crippen LogP contribution in [0, 0.1) is 0 Å². The van der Waals surface area contributed by atoms with Gasteiger partial charge < -0.3 is 11.1 Å². The largest absolute Gasteiger partial charge is 0.333 e. The number of fused-ring (bicyclic) bond motifs is 2. The first-order valence-electron chi connectivity index (χ1n) is 6.34. The number of aryl methyl sites for hydroxylation is 2. The highest BCUT2D eigenvalue weighted by Gasteiger charge is 2.23. The third-order valence-electron chi connectivity index (χ3n) is 3.68. The third kappa shape index (κ3) is 2.07. The minimum absolute atomic E-state index is 0.826. The molecule has 17 heavy (non-hydrogen) atoms. The Morgan fingerprint density at radius 2 is 1.59 bits per heavy atom. The van der Waals surface area contributed by atoms with E-state index in [1.807, 2.05) is 0 Å². The molecule has 2 aliphatic carbocycles. The minimum atomic E-state index is 0.826. The summed E-state index contributed by atoms with van der Waals surface area (Å²) in [5.41, 5.74) is 11.4. The molecule has 0 spiro atoms. The van der Waals surface area contributed by atoms with E-state index in [1.165, 1.54) is 55.0 Å². The minimum Gasteiger partial charge on any atom is -0.333 e. The molecule has 0 fully saturated rings. The van der Waals surface area contributed by atoms with Crippen molar-refractivity contribution >= 4 is 12.1 Å². The molecule has 1 aromatic rings. The maximum absolute atomic E-state index is 10.7. The summed E-state index contributed by atoms with van der Waals surface area (Å²) in [6, 6.07) is 2.38. The number of rotatable bonds is 2. The molecule has 3 N–H and O–H groups in total. The number of hydrogen-bond donors (Lipinski definition) is 2. The lowest BCUT2D eigenvalue weighted by Crippen LogP contribution is -2.03. The second-order valence-corrected chi connectivity index (χ2v) is 4.50. The van der Waals surface area contributed by atoms with E-state index >= 15 is 0 Å². The Bertz CT molecular complexity index is 394. The fourth-order valence-electron chi connectivity index (χ4n) is 3.05. The third-order valence-corrected chi connectivity index (χ3v) is 3.68. The molecule has 0 heterocycles. The summed E-state index contributed by atoms with van der Waals surface area (Å²) in [7, 11) is 1.50. The molecule has 1 aromatic carbocycles. The molecule has 0 unspecified atom stereocenters. The molecule has 0 saturated heterocycles. The summed E-state index contributed by atoms with van der Waals surface area (Å²) in [5, 5.41) is 2.93. The zero-order valence-corrected chi connectivity index (χ0v) is 10.4. The quantitative estimate of drug-likeness (QED) is 0.764. The molecule has 0 aliphatic heterocycles. The lowest BCUT2D eigenvalue weighted by molar-refractivity contribution is -0.105. The molecule has 1 amide bonds. The number of hydrogen-bond acceptors (Lipinski definition) is 2. The van der Waals surface area contributed by atoms with Gasteiger partial charge in [0.1, 0.15) is 0 Å². The first kappa shape index (κ1) is 12.1. The molecule has 3 nitrogen and oxygen atoms in total. The van der Waals surface area contributed by atoms with Gasteiger partial charge in [-0.05, 0) is 67.8 Å². The van der Waals surface area contributed by atoms with E-state index in [0.29, 0.717) is 0 Å². The summed E-state index contributed by atoms with van der Waals surface area (Å²) in [6.45, 7) is 0. The highest BCUT2D eigenvalue weighted by atomic mass is 16.1. The van der Waals surface area contributed by atoms with Crippen molar-refractivity contribution in [1.29, 1.82) is 0 Å². The monoisotopic (exact) mass is 232 g/mol. The molecule has 0 aromatic heterocycles. The molecule has 0 bridgehead atoms. The Morgan fingerprint density at radius 1 is 1.06 bits per heavy atom. The standard InChI is InChI=1S/C13H15NO.CH5N/c15-8-14-13-11-5-1-3-9(11)7-10-4-2-6-12(10)13;1-2/h7-8H,1-6H2,(H,14,15);2H2,1H3. The number of carbonyl (C=O) groups is 1. The predicted molar refractivity (Wildman–Crippen MR) is 70.3 cm³/mol. The van der Waals surface area contributed by atoms with Gasteiger partial charge in [-0.2, -0.15) is 0 Å². The van der Waals surface area contributed by atoms with Gasteiger partial charge in [-0.15, -0.1) is 0 Å². The molecule has 2 aliphatic rings. The maximum Gasteiger partial charge on any atom is 0.211 e. The van der Waals surface area contributed by atoms with E-state index in [0.717, 1.165) is 24.9 Å². The normalized spacial score (nSPS) is 15.6. The first-order valence-corrected chi connectivity index (χ1v) is 6.34. The maximum atomic E-state index is 10.7. The number of carbonyl (C=O) groups excluding carboxylic acids is 1. The van der Waals surface area contributed by atoms with Crippen molar-refractivity contribution in [2.75, 3.05) is 12.4 Å². The number of nitrogens with one attached hydrogen (secondary N) is 1. The van der Waals surface area contributed by atoms with Crippen LogP contribution in [0.3, 0.4) is 0 Å². The van der Waals surface area contributed by atoms with E-state index in [-0.39, 0.29) is 0 Å². The average Bonchev–Trinajstić information content (AvgIpc) is 2.99. The molecule has 0 saturated carbocycles. The second kappa shape index (κ2) is 5.32. The summed E-state index contributed by atoms with van der Waals surface area (Å²) in [4.78, 5) is 10.7. The van der Waals surface area contributed by atoms with E-state index in [9.17, 15) is 4.79 Å². The molecule has 0 radical (unpaired) electrons. The smallest absolute Gasteiger partial charge is 0.211 e. The van der Waals surface area contributed by atoms with Gasteiger partial charge in [-0.25, -0.2) is 0 Å². The Kier molecular flexibility index (Phi) is 3.79. The number of nitrogens with two attached hydrogens (primary N) is 1. The zero-order valence-electron chi connectivity index (χ0n) is 10.4. The summed E-state index contributed by atoms with van der Waals surface area (Å²) in [5.74, 6) is 0. The molecule has 0 atom stereocenters. The van der Waals surface area contributed by atoms with Gasteiger partial charge in [0.25, 0.3) is 0 Å². The number of anilines is 1. The van der Waals surface area contributed by atoms with Crippen molar-refractivity contribution in [3.8, 4) is 0 Å². The summed E-state index contributed by atoms with van der Waals surface area (Å²) >= 11 is 0. The SMILES string of the molecule is CN.O=CNc1c2c(cc3c1CCC3)CCC2. The van der Waals surface area contributed by atoms with E-state index < -0.39 is 0 Å². The molecule has 3 rings (SSSR count). The van der Waals surface area contributed by atoms with Crippen LogP contribution in [-0.4, -0.2) is 13.5 Å². The van der Waals surface area contributed by atoms with Crippen LogP contribution in [0.2, 0.25) is 0 Å². The average molecular weight is 232 g/mol. The Morgan fingerprint density at radius 3 is 2.06 bits per heavy atom. The molecular weight excluding hydrogens is 212 g/mol. The molecule has 92 valence electrons. The van der Waals surface area contributed by atoms with Crippen LogP contribution >= 0.6 is 0 Å². The van der Waals surface area contributed by atoms with E-state index in [2.05, 4.69) is 17.1 Å². The van der Waals surface area contributed by atoms with Gasteiger partial charge in [-0.1, -0.05) is 6.07 Å². The van der Waals surface area contributed by atoms with Crippen molar-refractivity contribution in [3.05, 3.63) is 28.3 Å². The lowest BCUT2D eigenvalue weighted by Gasteiger charge is -2.13. The van der Waals surface area contributed by atoms with E-state index in [4.69, 9.17) is 0 Å². The van der Waals surface area contributed by atoms with E-state index in [1.54, 1.807) is 0 Å². The summed E-state index contributed by atoms with van der Waals surface area (Å²) < 4.78 is 0. The fourth-order valence-corrected chi connectivity index (χ4v) is 3.05. The van der Waals surface area contributed by atoms with Crippen LogP contribution in [0.4, 0.5) is 5.69 Å². The van der Waals surface area contributed by atoms with Gasteiger partial charge >= 0.3 is 0 Å². The van der Waals surface area contributed by atoms with Gasteiger partial charge in [0.15, 0.2) is 0 Å². The summed E-state index contributed by atoms with van der Waals surface area (Å²) in [6.07, 6.45) is 7.97. The van der Waals surface area contributed by atoms with Crippen LogP contribution in [0.25, 0.3) is 0 Å². The Balaban J connectivity index is 0.000000514. The fraction of sp³-hybridized carbons (Fsp3) is 0.500. The van der Waals surface area contributed by atoms with Gasteiger partial charge in [-0.3, -0.25) is 4.79 Å². The zero-order chi connectivity index (χ0) is 12.3. The number of benzene rings is 1. The van der Waals surface area contributed by atoms with Crippen LogP contribution < -0.4 is 11.1 Å². The van der Waals surface area contributed by atoms with Crippen LogP contribution in [0.5, 0.6) is 0 Å². The van der Waals surface area contributed by atoms with Gasteiger partial charge in [0.05, 0.1) is 0 Å². The molecule has 3 heteroatoms. The van der Waals surface area contributed by atoms with Crippen LogP contribution in [0.15, 0.2) is 6.07 Å². The van der Waals surface area contributed by atoms with Gasteiger partial charge in [0.2, 0.25) is 6.41 Å². The Hall–Kier alpha value is -1.35. The van der Waals surface area contributed by atoms with Crippen molar-refractivity contribution in [2.24, 2.45) is 5.73 Å². The first-order chi connectivity index (χ1) is 8.40. The van der Waals surface area contributed by atoms with Crippen LogP contribution in [0.1, 0.15) is 35.1 Å². The van der Waals surface area contributed by atoms with Crippen molar-refractivity contribution in [2.45, 2.75) is 38.5 Å². The highest BCUT2D eigenvalue weighted by Crippen LogP contribution is 2.38. The van der Waals surface area contributed by atoms with Crippen molar-refractivity contribution < 1.29 is 4.79 Å². The van der Waals surface area contributed by atoms with Crippen molar-refractivity contribution in [1.82, 2.24) is 0 Å². The molecular formula is C14H20N2O. The topological polar surface area (TPSA) is 55.1 Å². The van der Waals surface area contributed by atoms with Gasteiger partial charge in [0, 0.05) is 5.69 Å². The van der Waals surface area contributed by atoms with Crippen molar-refractivity contribution in [3.63, 3.8) is 0 Å². The Labute approximate surface area is 102 Å². The number of amides is 1. The highest BCUT2D eigenvalue weighted by molar-refractivity contribution is 5.78. The predicted octanol–water partition coefficient (Wildman–Crippen LogP) is 1.81. The second-order valence-electron chi connectivity index (χ2n) is 4.50.